The standard InChI is InChI=1S/C20H13ClN2O4S/c21-14-5-6-18-16(11-14)23(15-3-1-2-4-17(15)28-18)19(24)12-27-20(25)13-7-9-22(26)10-8-13/h1-11H,12H2. The second kappa shape index (κ2) is 7.53. The predicted molar refractivity (Wildman–Crippen MR) is 105 cm³/mol. The highest BCUT2D eigenvalue weighted by Gasteiger charge is 2.29. The number of carbonyl (C=O) groups excluding carboxylic acids is 2. The van der Waals surface area contributed by atoms with Crippen LogP contribution in [-0.4, -0.2) is 18.5 Å². The van der Waals surface area contributed by atoms with Crippen LogP contribution in [0.3, 0.4) is 0 Å². The van der Waals surface area contributed by atoms with Crippen LogP contribution in [0.5, 0.6) is 0 Å². The van der Waals surface area contributed by atoms with Crippen LogP contribution in [-0.2, 0) is 9.53 Å². The molecule has 1 aliphatic rings. The zero-order valence-electron chi connectivity index (χ0n) is 14.4. The average molecular weight is 413 g/mol. The molecule has 0 saturated carbocycles. The summed E-state index contributed by atoms with van der Waals surface area (Å²) < 4.78 is 5.72. The van der Waals surface area contributed by atoms with E-state index in [1.54, 1.807) is 23.9 Å². The molecule has 140 valence electrons. The molecular weight excluding hydrogens is 400 g/mol. The number of halogens is 1. The summed E-state index contributed by atoms with van der Waals surface area (Å²) in [5.74, 6) is -1.08. The van der Waals surface area contributed by atoms with Gasteiger partial charge in [-0.1, -0.05) is 35.5 Å². The van der Waals surface area contributed by atoms with Gasteiger partial charge in [-0.25, -0.2) is 4.79 Å². The maximum atomic E-state index is 13.0. The van der Waals surface area contributed by atoms with Gasteiger partial charge in [0.05, 0.1) is 16.9 Å². The molecule has 1 aromatic heterocycles. The van der Waals surface area contributed by atoms with Crippen LogP contribution in [0.1, 0.15) is 10.4 Å². The van der Waals surface area contributed by atoms with Gasteiger partial charge in [-0.05, 0) is 30.3 Å². The number of benzene rings is 2. The van der Waals surface area contributed by atoms with E-state index in [9.17, 15) is 14.8 Å². The van der Waals surface area contributed by atoms with Crippen molar-refractivity contribution in [3.05, 3.63) is 82.8 Å². The maximum absolute atomic E-state index is 13.0. The molecule has 0 bridgehead atoms. The van der Waals surface area contributed by atoms with Crippen LogP contribution in [0.15, 0.2) is 76.8 Å². The fourth-order valence-electron chi connectivity index (χ4n) is 2.82. The molecule has 0 spiro atoms. The number of para-hydroxylation sites is 1. The van der Waals surface area contributed by atoms with E-state index in [-0.39, 0.29) is 5.56 Å². The number of aromatic nitrogens is 1. The van der Waals surface area contributed by atoms with E-state index in [0.717, 1.165) is 9.79 Å². The van der Waals surface area contributed by atoms with Gasteiger partial charge in [0.25, 0.3) is 5.91 Å². The summed E-state index contributed by atoms with van der Waals surface area (Å²) >= 11 is 7.68. The Bertz CT molecular complexity index is 1070. The first-order valence-corrected chi connectivity index (χ1v) is 9.48. The quantitative estimate of drug-likeness (QED) is 0.370. The number of pyridine rings is 1. The third-order valence-electron chi connectivity index (χ3n) is 4.10. The molecule has 0 aliphatic carbocycles. The van der Waals surface area contributed by atoms with E-state index >= 15 is 0 Å². The van der Waals surface area contributed by atoms with E-state index < -0.39 is 18.5 Å². The van der Waals surface area contributed by atoms with Crippen molar-refractivity contribution in [1.29, 1.82) is 0 Å². The number of amides is 1. The average Bonchev–Trinajstić information content (AvgIpc) is 2.70. The number of nitrogens with zero attached hydrogens (tertiary/aromatic N) is 2. The Labute approximate surface area is 169 Å². The lowest BCUT2D eigenvalue weighted by Gasteiger charge is -2.31. The van der Waals surface area contributed by atoms with E-state index in [1.807, 2.05) is 30.3 Å². The van der Waals surface area contributed by atoms with E-state index in [1.165, 1.54) is 29.4 Å². The first-order chi connectivity index (χ1) is 13.5. The molecule has 0 atom stereocenters. The van der Waals surface area contributed by atoms with E-state index in [0.29, 0.717) is 21.1 Å². The van der Waals surface area contributed by atoms with Gasteiger partial charge in [-0.2, -0.15) is 4.73 Å². The fourth-order valence-corrected chi connectivity index (χ4v) is 4.03. The number of esters is 1. The highest BCUT2D eigenvalue weighted by atomic mass is 35.5. The Morgan fingerprint density at radius 2 is 1.75 bits per heavy atom. The number of hydrogen-bond acceptors (Lipinski definition) is 5. The molecule has 0 saturated heterocycles. The summed E-state index contributed by atoms with van der Waals surface area (Å²) in [5.41, 5.74) is 1.54. The summed E-state index contributed by atoms with van der Waals surface area (Å²) in [6.45, 7) is -0.448. The number of ether oxygens (including phenoxy) is 1. The van der Waals surface area contributed by atoms with Crippen molar-refractivity contribution in [2.45, 2.75) is 9.79 Å². The Morgan fingerprint density at radius 1 is 1.04 bits per heavy atom. The first kappa shape index (κ1) is 18.3. The molecule has 4 rings (SSSR count). The third kappa shape index (κ3) is 3.54. The molecule has 1 aliphatic heterocycles. The lowest BCUT2D eigenvalue weighted by Crippen LogP contribution is -2.32. The van der Waals surface area contributed by atoms with Crippen molar-refractivity contribution in [2.75, 3.05) is 11.5 Å². The van der Waals surface area contributed by atoms with Gasteiger partial charge in [0.1, 0.15) is 0 Å². The monoisotopic (exact) mass is 412 g/mol. The first-order valence-electron chi connectivity index (χ1n) is 8.28. The van der Waals surface area contributed by atoms with Crippen molar-refractivity contribution < 1.29 is 19.1 Å². The lowest BCUT2D eigenvalue weighted by atomic mass is 10.2. The summed E-state index contributed by atoms with van der Waals surface area (Å²) in [5, 5.41) is 11.6. The molecular formula is C20H13ClN2O4S. The van der Waals surface area contributed by atoms with Gasteiger partial charge in [-0.15, -0.1) is 0 Å². The largest absolute Gasteiger partial charge is 0.619 e. The van der Waals surface area contributed by atoms with Crippen LogP contribution in [0.4, 0.5) is 11.4 Å². The minimum atomic E-state index is -0.681. The fraction of sp³-hybridized carbons (Fsp3) is 0.0500. The minimum absolute atomic E-state index is 0.193. The van der Waals surface area contributed by atoms with Crippen molar-refractivity contribution in [1.82, 2.24) is 0 Å². The summed E-state index contributed by atoms with van der Waals surface area (Å²) in [7, 11) is 0. The predicted octanol–water partition coefficient (Wildman–Crippen LogP) is 3.96. The number of carbonyl (C=O) groups is 2. The molecule has 0 N–H and O–H groups in total. The number of hydrogen-bond donors (Lipinski definition) is 0. The molecule has 1 amide bonds. The van der Waals surface area contributed by atoms with Crippen LogP contribution in [0.25, 0.3) is 0 Å². The SMILES string of the molecule is O=C(OCC(=O)N1c2ccccc2Sc2ccc(Cl)cc21)c1cc[n+]([O-])cc1. The van der Waals surface area contributed by atoms with E-state index in [4.69, 9.17) is 16.3 Å². The van der Waals surface area contributed by atoms with Gasteiger partial charge in [0.2, 0.25) is 0 Å². The van der Waals surface area contributed by atoms with Gasteiger partial charge < -0.3 is 9.94 Å². The molecule has 28 heavy (non-hydrogen) atoms. The van der Waals surface area contributed by atoms with Gasteiger partial charge in [-0.3, -0.25) is 9.69 Å². The van der Waals surface area contributed by atoms with Crippen LogP contribution < -0.4 is 9.63 Å². The molecule has 2 heterocycles. The van der Waals surface area contributed by atoms with Gasteiger partial charge >= 0.3 is 5.97 Å². The summed E-state index contributed by atoms with van der Waals surface area (Å²) in [6, 6.07) is 15.5. The zero-order valence-corrected chi connectivity index (χ0v) is 15.9. The van der Waals surface area contributed by atoms with Crippen LogP contribution in [0, 0.1) is 5.21 Å². The van der Waals surface area contributed by atoms with Gasteiger partial charge in [0.15, 0.2) is 19.0 Å². The van der Waals surface area contributed by atoms with Crippen molar-refractivity contribution >= 4 is 46.6 Å². The Morgan fingerprint density at radius 3 is 2.54 bits per heavy atom. The molecule has 0 fully saturated rings. The van der Waals surface area contributed by atoms with Crippen LogP contribution >= 0.6 is 23.4 Å². The Hall–Kier alpha value is -3.03. The second-order valence-electron chi connectivity index (χ2n) is 5.93. The Kier molecular flexibility index (Phi) is 4.93. The molecule has 0 unspecified atom stereocenters. The molecule has 3 aromatic rings. The second-order valence-corrected chi connectivity index (χ2v) is 7.45. The van der Waals surface area contributed by atoms with Crippen molar-refractivity contribution in [2.24, 2.45) is 0 Å². The summed E-state index contributed by atoms with van der Waals surface area (Å²) in [6.07, 6.45) is 2.38. The lowest BCUT2D eigenvalue weighted by molar-refractivity contribution is -0.605. The highest BCUT2D eigenvalue weighted by Crippen LogP contribution is 2.48. The number of fused-ring (bicyclic) bond motifs is 2. The maximum Gasteiger partial charge on any atom is 0.339 e. The van der Waals surface area contributed by atoms with E-state index in [2.05, 4.69) is 0 Å². The number of rotatable bonds is 3. The zero-order chi connectivity index (χ0) is 19.7. The van der Waals surface area contributed by atoms with Gasteiger partial charge in [0, 0.05) is 26.9 Å². The van der Waals surface area contributed by atoms with Crippen LogP contribution in [0.2, 0.25) is 5.02 Å². The normalized spacial score (nSPS) is 12.1. The molecule has 8 heteroatoms. The molecule has 0 radical (unpaired) electrons. The highest BCUT2D eigenvalue weighted by molar-refractivity contribution is 7.99. The van der Waals surface area contributed by atoms with Crippen molar-refractivity contribution in [3.63, 3.8) is 0 Å². The number of anilines is 2. The smallest absolute Gasteiger partial charge is 0.339 e. The minimum Gasteiger partial charge on any atom is -0.619 e. The van der Waals surface area contributed by atoms with Crippen molar-refractivity contribution in [3.8, 4) is 0 Å². The third-order valence-corrected chi connectivity index (χ3v) is 5.47. The topological polar surface area (TPSA) is 73.6 Å². The molecule has 6 nitrogen and oxygen atoms in total. The Balaban J connectivity index is 1.59. The molecule has 2 aromatic carbocycles. The summed E-state index contributed by atoms with van der Waals surface area (Å²) in [4.78, 5) is 28.4.